The minimum Gasteiger partial charge on any atom is -0.493 e. The van der Waals surface area contributed by atoms with Crippen molar-refractivity contribution >= 4 is 57.6 Å². The molecule has 1 heterocycles. The maximum Gasteiger partial charge on any atom is 0.270 e. The number of hydrogen-bond donors (Lipinski definition) is 0. The number of carbonyl (C=O) groups excluding carboxylic acids is 1. The maximum atomic E-state index is 13.5. The van der Waals surface area contributed by atoms with Crippen LogP contribution in [-0.4, -0.2) is 23.9 Å². The average molecular weight is 464 g/mol. The third kappa shape index (κ3) is 4.53. The van der Waals surface area contributed by atoms with Crippen LogP contribution in [0.3, 0.4) is 0 Å². The number of hydrogen-bond acceptors (Lipinski definition) is 5. The van der Waals surface area contributed by atoms with Crippen molar-refractivity contribution in [2.75, 3.05) is 18.6 Å². The van der Waals surface area contributed by atoms with Crippen LogP contribution in [0.2, 0.25) is 5.02 Å². The molecule has 1 fully saturated rings. The van der Waals surface area contributed by atoms with E-state index in [4.69, 9.17) is 33.3 Å². The Morgan fingerprint density at radius 2 is 2.10 bits per heavy atom. The van der Waals surface area contributed by atoms with Crippen molar-refractivity contribution < 1.29 is 18.7 Å². The Morgan fingerprint density at radius 3 is 2.73 bits per heavy atom. The summed E-state index contributed by atoms with van der Waals surface area (Å²) in [6, 6.07) is 7.80. The molecule has 4 nitrogen and oxygen atoms in total. The number of halogens is 2. The zero-order valence-electron chi connectivity index (χ0n) is 16.4. The molecule has 0 unspecified atom stereocenters. The monoisotopic (exact) mass is 463 g/mol. The van der Waals surface area contributed by atoms with E-state index in [1.54, 1.807) is 19.3 Å². The first-order chi connectivity index (χ1) is 14.4. The van der Waals surface area contributed by atoms with E-state index in [0.29, 0.717) is 39.4 Å². The Kier molecular flexibility index (Phi) is 7.18. The van der Waals surface area contributed by atoms with Gasteiger partial charge in [-0.1, -0.05) is 41.7 Å². The number of carbonyl (C=O) groups is 1. The molecule has 0 atom stereocenters. The second-order valence-electron chi connectivity index (χ2n) is 6.25. The fourth-order valence-corrected chi connectivity index (χ4v) is 4.51. The van der Waals surface area contributed by atoms with Crippen LogP contribution in [0, 0.1) is 5.82 Å². The molecule has 0 bridgehead atoms. The lowest BCUT2D eigenvalue weighted by Crippen LogP contribution is -2.27. The van der Waals surface area contributed by atoms with Gasteiger partial charge >= 0.3 is 0 Å². The summed E-state index contributed by atoms with van der Waals surface area (Å²) in [5.41, 5.74) is 2.09. The second-order valence-corrected chi connectivity index (χ2v) is 8.34. The third-order valence-electron chi connectivity index (χ3n) is 4.28. The number of thiocarbonyl (C=S) groups is 1. The second kappa shape index (κ2) is 9.64. The predicted octanol–water partition coefficient (Wildman–Crippen LogP) is 6.02. The molecular formula is C22H19ClFNO3S2. The Balaban J connectivity index is 2.00. The molecule has 1 saturated heterocycles. The van der Waals surface area contributed by atoms with Gasteiger partial charge in [0.25, 0.3) is 5.91 Å². The van der Waals surface area contributed by atoms with Gasteiger partial charge in [-0.25, -0.2) is 4.39 Å². The highest BCUT2D eigenvalue weighted by Crippen LogP contribution is 2.39. The van der Waals surface area contributed by atoms with Crippen LogP contribution >= 0.6 is 35.6 Å². The lowest BCUT2D eigenvalue weighted by Gasteiger charge is -2.15. The summed E-state index contributed by atoms with van der Waals surface area (Å²) < 4.78 is 25.1. The van der Waals surface area contributed by atoms with Crippen LogP contribution in [0.25, 0.3) is 6.08 Å². The third-order valence-corrected chi connectivity index (χ3v) is 5.87. The minimum atomic E-state index is -0.558. The number of methoxy groups -OCH3 is 1. The molecule has 1 aliphatic rings. The van der Waals surface area contributed by atoms with Gasteiger partial charge in [0.15, 0.2) is 15.8 Å². The fraction of sp³-hybridized carbons (Fsp3) is 0.182. The summed E-state index contributed by atoms with van der Waals surface area (Å²) in [7, 11) is 1.59. The SMILES string of the molecule is C=CCc1cc(C=C2SC(=S)N(c3ccc(F)c(Cl)c3)C2=O)cc(OCC)c1OC. The number of nitrogens with zero attached hydrogens (tertiary/aromatic N) is 1. The Bertz CT molecular complexity index is 1050. The molecule has 0 saturated carbocycles. The van der Waals surface area contributed by atoms with Gasteiger partial charge in [0.05, 0.1) is 29.3 Å². The Labute approximate surface area is 189 Å². The van der Waals surface area contributed by atoms with Gasteiger partial charge in [0, 0.05) is 5.56 Å². The first kappa shape index (κ1) is 22.3. The largest absolute Gasteiger partial charge is 0.493 e. The first-order valence-corrected chi connectivity index (χ1v) is 10.7. The zero-order chi connectivity index (χ0) is 21.8. The lowest BCUT2D eigenvalue weighted by molar-refractivity contribution is -0.113. The van der Waals surface area contributed by atoms with Crippen LogP contribution in [0.15, 0.2) is 47.9 Å². The number of allylic oxidation sites excluding steroid dienone is 1. The van der Waals surface area contributed by atoms with E-state index in [-0.39, 0.29) is 10.9 Å². The number of benzene rings is 2. The van der Waals surface area contributed by atoms with E-state index in [0.717, 1.165) is 11.1 Å². The van der Waals surface area contributed by atoms with Crippen molar-refractivity contribution in [3.8, 4) is 11.5 Å². The van der Waals surface area contributed by atoms with Crippen molar-refractivity contribution in [1.29, 1.82) is 0 Å². The summed E-state index contributed by atoms with van der Waals surface area (Å²) in [5, 5.41) is -0.0730. The molecule has 0 aliphatic carbocycles. The van der Waals surface area contributed by atoms with Crippen molar-refractivity contribution in [2.45, 2.75) is 13.3 Å². The molecule has 0 radical (unpaired) electrons. The van der Waals surface area contributed by atoms with Gasteiger partial charge in [-0.05, 0) is 55.3 Å². The normalized spacial score (nSPS) is 15.1. The van der Waals surface area contributed by atoms with Gasteiger partial charge in [-0.15, -0.1) is 6.58 Å². The number of rotatable bonds is 7. The molecule has 1 amide bonds. The van der Waals surface area contributed by atoms with E-state index in [9.17, 15) is 9.18 Å². The molecule has 2 aromatic rings. The highest BCUT2D eigenvalue weighted by Gasteiger charge is 2.33. The molecular weight excluding hydrogens is 445 g/mol. The Hall–Kier alpha value is -2.35. The van der Waals surface area contributed by atoms with Gasteiger partial charge in [0.2, 0.25) is 0 Å². The van der Waals surface area contributed by atoms with E-state index < -0.39 is 5.82 Å². The standard InChI is InChI=1S/C22H19ClFNO3S2/c1-4-6-14-9-13(10-18(28-5-2)20(14)27-3)11-19-21(26)25(22(29)30-19)15-7-8-17(24)16(23)12-15/h4,7-12H,1,5-6H2,2-3H3. The summed E-state index contributed by atoms with van der Waals surface area (Å²) in [5.74, 6) is 0.373. The highest BCUT2D eigenvalue weighted by molar-refractivity contribution is 8.27. The summed E-state index contributed by atoms with van der Waals surface area (Å²) in [4.78, 5) is 14.8. The van der Waals surface area contributed by atoms with E-state index in [2.05, 4.69) is 6.58 Å². The van der Waals surface area contributed by atoms with Crippen LogP contribution in [0.1, 0.15) is 18.1 Å². The molecule has 156 valence electrons. The molecule has 0 aromatic heterocycles. The summed E-state index contributed by atoms with van der Waals surface area (Å²) in [6.07, 6.45) is 4.11. The van der Waals surface area contributed by atoms with Gasteiger partial charge in [0.1, 0.15) is 5.82 Å². The number of thioether (sulfide) groups is 1. The van der Waals surface area contributed by atoms with Crippen LogP contribution in [-0.2, 0) is 11.2 Å². The zero-order valence-corrected chi connectivity index (χ0v) is 18.8. The van der Waals surface area contributed by atoms with Crippen molar-refractivity contribution in [1.82, 2.24) is 0 Å². The predicted molar refractivity (Wildman–Crippen MR) is 125 cm³/mol. The quantitative estimate of drug-likeness (QED) is 0.285. The maximum absolute atomic E-state index is 13.5. The lowest BCUT2D eigenvalue weighted by atomic mass is 10.0. The van der Waals surface area contributed by atoms with Crippen LogP contribution < -0.4 is 14.4 Å². The van der Waals surface area contributed by atoms with E-state index >= 15 is 0 Å². The smallest absolute Gasteiger partial charge is 0.270 e. The van der Waals surface area contributed by atoms with Crippen molar-refractivity contribution in [3.05, 3.63) is 69.9 Å². The Morgan fingerprint density at radius 1 is 1.33 bits per heavy atom. The topological polar surface area (TPSA) is 38.8 Å². The van der Waals surface area contributed by atoms with Gasteiger partial charge in [-0.3, -0.25) is 9.69 Å². The molecule has 0 spiro atoms. The molecule has 30 heavy (non-hydrogen) atoms. The minimum absolute atomic E-state index is 0.0730. The molecule has 1 aliphatic heterocycles. The van der Waals surface area contributed by atoms with Crippen LogP contribution in [0.4, 0.5) is 10.1 Å². The highest BCUT2D eigenvalue weighted by atomic mass is 35.5. The molecule has 3 rings (SSSR count). The van der Waals surface area contributed by atoms with Gasteiger partial charge in [-0.2, -0.15) is 0 Å². The fourth-order valence-electron chi connectivity index (χ4n) is 3.03. The summed E-state index contributed by atoms with van der Waals surface area (Å²) >= 11 is 12.4. The van der Waals surface area contributed by atoms with Crippen molar-refractivity contribution in [3.63, 3.8) is 0 Å². The van der Waals surface area contributed by atoms with E-state index in [1.165, 1.54) is 34.9 Å². The van der Waals surface area contributed by atoms with E-state index in [1.807, 2.05) is 19.1 Å². The van der Waals surface area contributed by atoms with Crippen molar-refractivity contribution in [2.24, 2.45) is 0 Å². The summed E-state index contributed by atoms with van der Waals surface area (Å²) in [6.45, 7) is 6.15. The first-order valence-electron chi connectivity index (χ1n) is 9.07. The number of amides is 1. The molecule has 8 heteroatoms. The van der Waals surface area contributed by atoms with Crippen LogP contribution in [0.5, 0.6) is 11.5 Å². The number of ether oxygens (including phenoxy) is 2. The molecule has 2 aromatic carbocycles. The average Bonchev–Trinajstić information content (AvgIpc) is 2.98. The number of anilines is 1. The van der Waals surface area contributed by atoms with Gasteiger partial charge < -0.3 is 9.47 Å². The molecule has 0 N–H and O–H groups in total.